The van der Waals surface area contributed by atoms with E-state index in [2.05, 4.69) is 29.4 Å². The second-order valence-corrected chi connectivity index (χ2v) is 7.66. The number of furan rings is 1. The number of hydrogen-bond donors (Lipinski definition) is 2. The lowest BCUT2D eigenvalue weighted by Gasteiger charge is -2.51. The van der Waals surface area contributed by atoms with Gasteiger partial charge in [-0.1, -0.05) is 13.8 Å². The number of nitrogens with zero attached hydrogens (tertiary/aromatic N) is 2. The van der Waals surface area contributed by atoms with Crippen LogP contribution in [0.5, 0.6) is 0 Å². The van der Waals surface area contributed by atoms with Gasteiger partial charge in [0.15, 0.2) is 0 Å². The van der Waals surface area contributed by atoms with Gasteiger partial charge in [0.2, 0.25) is 0 Å². The Kier molecular flexibility index (Phi) is 3.72. The first-order valence-corrected chi connectivity index (χ1v) is 8.65. The maximum atomic E-state index is 12.7. The molecule has 1 unspecified atom stereocenters. The Hall–Kier alpha value is -2.08. The molecule has 1 atom stereocenters. The van der Waals surface area contributed by atoms with Crippen molar-refractivity contribution in [3.8, 4) is 11.3 Å². The molecule has 2 aliphatic heterocycles. The van der Waals surface area contributed by atoms with Crippen molar-refractivity contribution in [2.45, 2.75) is 32.7 Å². The molecule has 0 aromatic carbocycles. The van der Waals surface area contributed by atoms with Gasteiger partial charge < -0.3 is 14.6 Å². The molecule has 4 rings (SSSR count). The van der Waals surface area contributed by atoms with E-state index in [0.717, 1.165) is 43.7 Å². The zero-order valence-electron chi connectivity index (χ0n) is 14.2. The quantitative estimate of drug-likeness (QED) is 0.908. The third-order valence-electron chi connectivity index (χ3n) is 5.54. The Balaban J connectivity index is 1.38. The largest absolute Gasteiger partial charge is 0.472 e. The lowest BCUT2D eigenvalue weighted by molar-refractivity contribution is 0.0352. The summed E-state index contributed by atoms with van der Waals surface area (Å²) < 4.78 is 5.07. The van der Waals surface area contributed by atoms with E-state index < -0.39 is 0 Å². The number of nitrogens with one attached hydrogen (secondary N) is 2. The fourth-order valence-electron chi connectivity index (χ4n) is 4.03. The van der Waals surface area contributed by atoms with Gasteiger partial charge in [-0.15, -0.1) is 0 Å². The fourth-order valence-corrected chi connectivity index (χ4v) is 4.03. The molecule has 2 aliphatic rings. The summed E-state index contributed by atoms with van der Waals surface area (Å²) in [6.07, 6.45) is 5.36. The number of rotatable bonds is 3. The van der Waals surface area contributed by atoms with Crippen LogP contribution in [-0.2, 0) is 0 Å². The molecule has 24 heavy (non-hydrogen) atoms. The van der Waals surface area contributed by atoms with E-state index in [-0.39, 0.29) is 5.91 Å². The molecule has 0 aliphatic carbocycles. The Bertz CT molecular complexity index is 711. The van der Waals surface area contributed by atoms with Gasteiger partial charge in [-0.05, 0) is 36.3 Å². The average Bonchev–Trinajstić information content (AvgIpc) is 3.25. The highest BCUT2D eigenvalue weighted by atomic mass is 16.3. The Morgan fingerprint density at radius 2 is 2.17 bits per heavy atom. The molecule has 2 aromatic heterocycles. The van der Waals surface area contributed by atoms with Crippen LogP contribution >= 0.6 is 0 Å². The highest BCUT2D eigenvalue weighted by molar-refractivity contribution is 5.93. The zero-order chi connectivity index (χ0) is 16.7. The predicted molar refractivity (Wildman–Crippen MR) is 90.5 cm³/mol. The highest BCUT2D eigenvalue weighted by Crippen LogP contribution is 2.37. The lowest BCUT2D eigenvalue weighted by atomic mass is 9.68. The van der Waals surface area contributed by atoms with E-state index in [1.54, 1.807) is 18.6 Å². The number of likely N-dealkylation sites (tertiary alicyclic amines) is 1. The van der Waals surface area contributed by atoms with E-state index in [9.17, 15) is 4.79 Å². The molecule has 0 saturated carbocycles. The molecule has 6 nitrogen and oxygen atoms in total. The molecular formula is C18H24N4O2. The number of carbonyl (C=O) groups is 1. The molecule has 6 heteroatoms. The van der Waals surface area contributed by atoms with Gasteiger partial charge in [-0.3, -0.25) is 9.89 Å². The third kappa shape index (κ3) is 2.65. The van der Waals surface area contributed by atoms with Gasteiger partial charge in [0.25, 0.3) is 5.91 Å². The maximum Gasteiger partial charge on any atom is 0.271 e. The summed E-state index contributed by atoms with van der Waals surface area (Å²) in [6.45, 7) is 7.39. The molecule has 0 radical (unpaired) electrons. The summed E-state index contributed by atoms with van der Waals surface area (Å²) in [4.78, 5) is 14.6. The monoisotopic (exact) mass is 328 g/mol. The van der Waals surface area contributed by atoms with Crippen LogP contribution in [0.25, 0.3) is 11.3 Å². The van der Waals surface area contributed by atoms with Crippen LogP contribution < -0.4 is 5.32 Å². The van der Waals surface area contributed by atoms with Crippen LogP contribution in [0, 0.1) is 11.3 Å². The first kappa shape index (κ1) is 15.4. The van der Waals surface area contributed by atoms with Gasteiger partial charge in [0.1, 0.15) is 5.69 Å². The zero-order valence-corrected chi connectivity index (χ0v) is 14.2. The summed E-state index contributed by atoms with van der Waals surface area (Å²) in [5.74, 6) is 0.706. The summed E-state index contributed by atoms with van der Waals surface area (Å²) in [5, 5.41) is 10.7. The first-order valence-electron chi connectivity index (χ1n) is 8.65. The van der Waals surface area contributed by atoms with Gasteiger partial charge in [-0.2, -0.15) is 5.10 Å². The Morgan fingerprint density at radius 1 is 1.38 bits per heavy atom. The van der Waals surface area contributed by atoms with Crippen molar-refractivity contribution < 1.29 is 9.21 Å². The molecule has 1 amide bonds. The van der Waals surface area contributed by atoms with Crippen molar-refractivity contribution in [1.82, 2.24) is 20.4 Å². The van der Waals surface area contributed by atoms with Crippen molar-refractivity contribution in [3.63, 3.8) is 0 Å². The number of carbonyl (C=O) groups excluding carboxylic acids is 1. The maximum absolute atomic E-state index is 12.7. The normalized spacial score (nSPS) is 23.9. The van der Waals surface area contributed by atoms with Crippen molar-refractivity contribution >= 4 is 5.91 Å². The van der Waals surface area contributed by atoms with E-state index in [4.69, 9.17) is 4.42 Å². The minimum absolute atomic E-state index is 0.0384. The Labute approximate surface area is 141 Å². The first-order chi connectivity index (χ1) is 11.5. The number of amides is 1. The number of hydrogen-bond acceptors (Lipinski definition) is 4. The molecule has 2 saturated heterocycles. The molecule has 0 spiro atoms. The fraction of sp³-hybridized carbons (Fsp3) is 0.556. The second-order valence-electron chi connectivity index (χ2n) is 7.66. The van der Waals surface area contributed by atoms with Crippen LogP contribution in [0.4, 0.5) is 0 Å². The molecular weight excluding hydrogens is 304 g/mol. The van der Waals surface area contributed by atoms with E-state index >= 15 is 0 Å². The summed E-state index contributed by atoms with van der Waals surface area (Å²) in [7, 11) is 0. The van der Waals surface area contributed by atoms with Gasteiger partial charge in [0, 0.05) is 31.2 Å². The predicted octanol–water partition coefficient (Wildman–Crippen LogP) is 2.52. The Morgan fingerprint density at radius 3 is 2.75 bits per heavy atom. The number of piperidine rings is 1. The minimum atomic E-state index is 0.0384. The summed E-state index contributed by atoms with van der Waals surface area (Å²) in [6, 6.07) is 4.23. The summed E-state index contributed by atoms with van der Waals surface area (Å²) >= 11 is 0. The highest BCUT2D eigenvalue weighted by Gasteiger charge is 2.43. The van der Waals surface area contributed by atoms with E-state index in [0.29, 0.717) is 23.1 Å². The van der Waals surface area contributed by atoms with Gasteiger partial charge >= 0.3 is 0 Å². The van der Waals surface area contributed by atoms with Crippen LogP contribution in [-0.4, -0.2) is 46.7 Å². The lowest BCUT2D eigenvalue weighted by Crippen LogP contribution is -2.63. The molecule has 2 fully saturated rings. The molecule has 0 bridgehead atoms. The van der Waals surface area contributed by atoms with Gasteiger partial charge in [-0.25, -0.2) is 0 Å². The average molecular weight is 328 g/mol. The van der Waals surface area contributed by atoms with Crippen molar-refractivity contribution in [2.75, 3.05) is 19.6 Å². The number of H-pyrrole nitrogens is 1. The molecule has 2 N–H and O–H groups in total. The minimum Gasteiger partial charge on any atom is -0.472 e. The summed E-state index contributed by atoms with van der Waals surface area (Å²) in [5.41, 5.74) is 2.55. The van der Waals surface area contributed by atoms with Gasteiger partial charge in [0.05, 0.1) is 18.2 Å². The van der Waals surface area contributed by atoms with Crippen LogP contribution in [0.15, 0.2) is 29.1 Å². The van der Waals surface area contributed by atoms with E-state index in [1.165, 1.54) is 0 Å². The van der Waals surface area contributed by atoms with E-state index in [1.807, 2.05) is 11.0 Å². The standard InChI is InChI=1S/C18H24N4O2/c1-18(2)11-19-16(18)12-3-6-22(7-4-12)17(23)15-9-14(20-21-15)13-5-8-24-10-13/h5,8-10,12,16,19H,3-4,6-7,11H2,1-2H3,(H,20,21). The number of aromatic nitrogens is 2. The van der Waals surface area contributed by atoms with Crippen LogP contribution in [0.2, 0.25) is 0 Å². The van der Waals surface area contributed by atoms with Crippen LogP contribution in [0.3, 0.4) is 0 Å². The topological polar surface area (TPSA) is 74.2 Å². The molecule has 2 aromatic rings. The third-order valence-corrected chi connectivity index (χ3v) is 5.54. The van der Waals surface area contributed by atoms with Crippen molar-refractivity contribution in [2.24, 2.45) is 11.3 Å². The van der Waals surface area contributed by atoms with Crippen molar-refractivity contribution in [3.05, 3.63) is 30.4 Å². The second kappa shape index (κ2) is 5.77. The van der Waals surface area contributed by atoms with Crippen molar-refractivity contribution in [1.29, 1.82) is 0 Å². The number of aromatic amines is 1. The molecule has 4 heterocycles. The SMILES string of the molecule is CC1(C)CNC1C1CCN(C(=O)c2cc(-c3ccoc3)n[nH]2)CC1. The van der Waals surface area contributed by atoms with Crippen LogP contribution in [0.1, 0.15) is 37.2 Å². The smallest absolute Gasteiger partial charge is 0.271 e. The molecule has 128 valence electrons.